The fourth-order valence-corrected chi connectivity index (χ4v) is 3.83. The molecule has 1 aromatic rings. The van der Waals surface area contributed by atoms with Crippen LogP contribution in [0.2, 0.25) is 0 Å². The molecule has 2 saturated heterocycles. The van der Waals surface area contributed by atoms with Crippen LogP contribution in [0.5, 0.6) is 11.5 Å². The van der Waals surface area contributed by atoms with E-state index in [-0.39, 0.29) is 12.8 Å². The van der Waals surface area contributed by atoms with Gasteiger partial charge in [-0.05, 0) is 44.0 Å². The van der Waals surface area contributed by atoms with E-state index < -0.39 is 0 Å². The van der Waals surface area contributed by atoms with Gasteiger partial charge in [0, 0.05) is 31.7 Å². The van der Waals surface area contributed by atoms with E-state index in [1.54, 1.807) is 0 Å². The first kappa shape index (κ1) is 15.6. The molecule has 130 valence electrons. The Morgan fingerprint density at radius 3 is 2.92 bits per heavy atom. The van der Waals surface area contributed by atoms with Crippen LogP contribution in [0.1, 0.15) is 31.7 Å². The number of likely N-dealkylation sites (tertiary alicyclic amines) is 2. The van der Waals surface area contributed by atoms with Crippen LogP contribution in [0.25, 0.3) is 0 Å². The SMILES string of the molecule is C[C@@H]1CCCCN1C1CN(C(=O)NCc2ccc3c(c2)OCO3)C1. The van der Waals surface area contributed by atoms with E-state index >= 15 is 0 Å². The van der Waals surface area contributed by atoms with Gasteiger partial charge in [-0.1, -0.05) is 12.5 Å². The molecule has 0 spiro atoms. The van der Waals surface area contributed by atoms with E-state index in [0.717, 1.165) is 30.2 Å². The van der Waals surface area contributed by atoms with E-state index in [1.807, 2.05) is 23.1 Å². The number of carbonyl (C=O) groups excluding carboxylic acids is 1. The summed E-state index contributed by atoms with van der Waals surface area (Å²) in [6, 6.07) is 6.99. The second kappa shape index (κ2) is 6.51. The molecule has 3 aliphatic heterocycles. The topological polar surface area (TPSA) is 54.0 Å². The van der Waals surface area contributed by atoms with Gasteiger partial charge in [0.25, 0.3) is 0 Å². The zero-order chi connectivity index (χ0) is 16.5. The predicted octanol–water partition coefficient (Wildman–Crippen LogP) is 2.18. The van der Waals surface area contributed by atoms with Crippen molar-refractivity contribution in [1.29, 1.82) is 0 Å². The number of rotatable bonds is 3. The highest BCUT2D eigenvalue weighted by Gasteiger charge is 2.37. The Hall–Kier alpha value is -1.95. The van der Waals surface area contributed by atoms with Crippen molar-refractivity contribution in [3.63, 3.8) is 0 Å². The van der Waals surface area contributed by atoms with Gasteiger partial charge in [-0.15, -0.1) is 0 Å². The number of carbonyl (C=O) groups is 1. The Morgan fingerprint density at radius 2 is 2.08 bits per heavy atom. The number of amides is 2. The van der Waals surface area contributed by atoms with Crippen LogP contribution in [0, 0.1) is 0 Å². The minimum atomic E-state index is 0.0218. The Bertz CT molecular complexity index is 616. The van der Waals surface area contributed by atoms with Gasteiger partial charge in [-0.25, -0.2) is 4.79 Å². The average molecular weight is 331 g/mol. The Balaban J connectivity index is 1.24. The van der Waals surface area contributed by atoms with Crippen molar-refractivity contribution >= 4 is 6.03 Å². The summed E-state index contributed by atoms with van der Waals surface area (Å²) in [5.74, 6) is 1.52. The third-order valence-corrected chi connectivity index (χ3v) is 5.35. The van der Waals surface area contributed by atoms with Crippen molar-refractivity contribution in [2.75, 3.05) is 26.4 Å². The van der Waals surface area contributed by atoms with E-state index in [0.29, 0.717) is 18.6 Å². The highest BCUT2D eigenvalue weighted by Crippen LogP contribution is 2.32. The molecule has 2 fully saturated rings. The number of hydrogen-bond acceptors (Lipinski definition) is 4. The fourth-order valence-electron chi connectivity index (χ4n) is 3.83. The van der Waals surface area contributed by atoms with Crippen molar-refractivity contribution in [3.05, 3.63) is 23.8 Å². The minimum absolute atomic E-state index is 0.0218. The summed E-state index contributed by atoms with van der Waals surface area (Å²) in [6.45, 7) is 5.96. The summed E-state index contributed by atoms with van der Waals surface area (Å²) in [5, 5.41) is 3.00. The largest absolute Gasteiger partial charge is 0.454 e. The van der Waals surface area contributed by atoms with Crippen LogP contribution in [0.15, 0.2) is 18.2 Å². The van der Waals surface area contributed by atoms with Crippen LogP contribution >= 0.6 is 0 Å². The smallest absolute Gasteiger partial charge is 0.317 e. The van der Waals surface area contributed by atoms with Crippen LogP contribution in [-0.2, 0) is 6.54 Å². The highest BCUT2D eigenvalue weighted by molar-refractivity contribution is 5.75. The van der Waals surface area contributed by atoms with Crippen molar-refractivity contribution in [3.8, 4) is 11.5 Å². The fraction of sp³-hybridized carbons (Fsp3) is 0.611. The number of fused-ring (bicyclic) bond motifs is 1. The van der Waals surface area contributed by atoms with E-state index in [1.165, 1.54) is 25.8 Å². The lowest BCUT2D eigenvalue weighted by atomic mass is 9.98. The van der Waals surface area contributed by atoms with Crippen molar-refractivity contribution in [1.82, 2.24) is 15.1 Å². The zero-order valence-electron chi connectivity index (χ0n) is 14.2. The molecular formula is C18H25N3O3. The minimum Gasteiger partial charge on any atom is -0.454 e. The second-order valence-corrected chi connectivity index (χ2v) is 6.99. The summed E-state index contributed by atoms with van der Waals surface area (Å²) in [6.07, 6.45) is 3.91. The zero-order valence-corrected chi connectivity index (χ0v) is 14.2. The van der Waals surface area contributed by atoms with Gasteiger partial charge >= 0.3 is 6.03 Å². The number of hydrogen-bond donors (Lipinski definition) is 1. The monoisotopic (exact) mass is 331 g/mol. The van der Waals surface area contributed by atoms with E-state index in [2.05, 4.69) is 17.1 Å². The first-order valence-corrected chi connectivity index (χ1v) is 8.88. The van der Waals surface area contributed by atoms with Crippen LogP contribution in [0.3, 0.4) is 0 Å². The van der Waals surface area contributed by atoms with Crippen molar-refractivity contribution < 1.29 is 14.3 Å². The predicted molar refractivity (Wildman–Crippen MR) is 90.2 cm³/mol. The Labute approximate surface area is 142 Å². The highest BCUT2D eigenvalue weighted by atomic mass is 16.7. The Morgan fingerprint density at radius 1 is 1.25 bits per heavy atom. The van der Waals surface area contributed by atoms with E-state index in [9.17, 15) is 4.79 Å². The lowest BCUT2D eigenvalue weighted by Crippen LogP contribution is -2.64. The average Bonchev–Trinajstić information content (AvgIpc) is 3.01. The third-order valence-electron chi connectivity index (χ3n) is 5.35. The number of ether oxygens (including phenoxy) is 2. The third kappa shape index (κ3) is 3.02. The van der Waals surface area contributed by atoms with Gasteiger partial charge in [0.05, 0.1) is 0 Å². The maximum atomic E-state index is 12.3. The summed E-state index contributed by atoms with van der Waals surface area (Å²) in [4.78, 5) is 16.8. The van der Waals surface area contributed by atoms with E-state index in [4.69, 9.17) is 9.47 Å². The maximum Gasteiger partial charge on any atom is 0.317 e. The molecule has 4 rings (SSSR count). The van der Waals surface area contributed by atoms with Gasteiger partial charge in [0.2, 0.25) is 6.79 Å². The number of piperidine rings is 1. The van der Waals surface area contributed by atoms with Gasteiger partial charge in [-0.2, -0.15) is 0 Å². The lowest BCUT2D eigenvalue weighted by Gasteiger charge is -2.49. The number of nitrogens with zero attached hydrogens (tertiary/aromatic N) is 2. The molecular weight excluding hydrogens is 306 g/mol. The molecule has 24 heavy (non-hydrogen) atoms. The molecule has 1 N–H and O–H groups in total. The van der Waals surface area contributed by atoms with Gasteiger partial charge in [0.1, 0.15) is 0 Å². The summed E-state index contributed by atoms with van der Waals surface area (Å²) in [5.41, 5.74) is 1.02. The van der Waals surface area contributed by atoms with Crippen LogP contribution < -0.4 is 14.8 Å². The first-order valence-electron chi connectivity index (χ1n) is 8.88. The maximum absolute atomic E-state index is 12.3. The number of nitrogens with one attached hydrogen (secondary N) is 1. The standard InChI is InChI=1S/C18H25N3O3/c1-13-4-2-3-7-21(13)15-10-20(11-15)18(22)19-9-14-5-6-16-17(8-14)24-12-23-16/h5-6,8,13,15H,2-4,7,9-12H2,1H3,(H,19,22)/t13-/m1/s1. The molecule has 0 radical (unpaired) electrons. The quantitative estimate of drug-likeness (QED) is 0.922. The summed E-state index contributed by atoms with van der Waals surface area (Å²) < 4.78 is 10.7. The van der Waals surface area contributed by atoms with Gasteiger partial charge in [-0.3, -0.25) is 4.90 Å². The molecule has 3 heterocycles. The number of benzene rings is 1. The second-order valence-electron chi connectivity index (χ2n) is 6.99. The molecule has 0 saturated carbocycles. The summed E-state index contributed by atoms with van der Waals surface area (Å²) in [7, 11) is 0. The molecule has 6 nitrogen and oxygen atoms in total. The van der Waals surface area contributed by atoms with Gasteiger partial charge < -0.3 is 19.7 Å². The molecule has 0 aliphatic carbocycles. The molecule has 3 aliphatic rings. The van der Waals surface area contributed by atoms with Crippen molar-refractivity contribution in [2.24, 2.45) is 0 Å². The van der Waals surface area contributed by atoms with Crippen molar-refractivity contribution in [2.45, 2.75) is 44.8 Å². The lowest BCUT2D eigenvalue weighted by molar-refractivity contribution is 0.0169. The van der Waals surface area contributed by atoms with Crippen LogP contribution in [-0.4, -0.2) is 54.3 Å². The molecule has 0 unspecified atom stereocenters. The molecule has 1 aromatic carbocycles. The summed E-state index contributed by atoms with van der Waals surface area (Å²) >= 11 is 0. The molecule has 1 atom stereocenters. The molecule has 0 bridgehead atoms. The number of urea groups is 1. The Kier molecular flexibility index (Phi) is 4.22. The molecule has 0 aromatic heterocycles. The van der Waals surface area contributed by atoms with Crippen LogP contribution in [0.4, 0.5) is 4.79 Å². The normalized spacial score (nSPS) is 23.9. The van der Waals surface area contributed by atoms with Gasteiger partial charge in [0.15, 0.2) is 11.5 Å². The first-order chi connectivity index (χ1) is 11.7. The molecule has 2 amide bonds. The molecule has 6 heteroatoms.